The van der Waals surface area contributed by atoms with Crippen molar-refractivity contribution in [3.63, 3.8) is 0 Å². The lowest BCUT2D eigenvalue weighted by Gasteiger charge is -2.15. The Labute approximate surface area is 110 Å². The van der Waals surface area contributed by atoms with Crippen LogP contribution in [0.4, 0.5) is 0 Å². The van der Waals surface area contributed by atoms with Gasteiger partial charge in [-0.2, -0.15) is 0 Å². The van der Waals surface area contributed by atoms with E-state index in [0.717, 1.165) is 0 Å². The maximum absolute atomic E-state index is 10.9. The second-order valence-corrected chi connectivity index (χ2v) is 4.20. The Morgan fingerprint density at radius 3 is 2.72 bits per heavy atom. The van der Waals surface area contributed by atoms with Gasteiger partial charge in [0.2, 0.25) is 5.91 Å². The fourth-order valence-electron chi connectivity index (χ4n) is 1.27. The smallest absolute Gasteiger partial charge is 0.223 e. The summed E-state index contributed by atoms with van der Waals surface area (Å²) in [7, 11) is 1.44. The molecule has 0 aliphatic carbocycles. The molecule has 0 spiro atoms. The number of amides is 1. The summed E-state index contributed by atoms with van der Waals surface area (Å²) in [5.41, 5.74) is 5.38. The third kappa shape index (κ3) is 3.37. The fraction of sp³-hybridized carbons (Fsp3) is 0.333. The Balaban J connectivity index is 2.99. The zero-order valence-electron chi connectivity index (χ0n) is 10.1. The highest BCUT2D eigenvalue weighted by atomic mass is 35.5. The minimum Gasteiger partial charge on any atom is -0.493 e. The molecule has 0 saturated carbocycles. The van der Waals surface area contributed by atoms with Gasteiger partial charge in [-0.05, 0) is 6.07 Å². The number of carbonyl (C=O) groups is 2. The van der Waals surface area contributed by atoms with E-state index in [1.165, 1.54) is 19.2 Å². The van der Waals surface area contributed by atoms with Crippen LogP contribution in [0, 0.1) is 5.92 Å². The molecule has 0 aliphatic rings. The molecule has 0 fully saturated rings. The lowest BCUT2D eigenvalue weighted by Crippen LogP contribution is -2.26. The number of hydrogen-bond donors (Lipinski definition) is 1. The van der Waals surface area contributed by atoms with Crippen LogP contribution in [0.25, 0.3) is 0 Å². The summed E-state index contributed by atoms with van der Waals surface area (Å²) in [4.78, 5) is 21.8. The number of methoxy groups -OCH3 is 1. The number of aldehydes is 1. The number of rotatable bonds is 6. The van der Waals surface area contributed by atoms with Crippen molar-refractivity contribution in [1.82, 2.24) is 0 Å². The summed E-state index contributed by atoms with van der Waals surface area (Å²) in [6.45, 7) is 1.69. The van der Waals surface area contributed by atoms with Crippen LogP contribution in [0.5, 0.6) is 11.5 Å². The van der Waals surface area contributed by atoms with Crippen molar-refractivity contribution in [1.29, 1.82) is 0 Å². The number of nitrogens with two attached hydrogens (primary N) is 1. The summed E-state index contributed by atoms with van der Waals surface area (Å²) in [5.74, 6) is -0.355. The second kappa shape index (κ2) is 6.26. The van der Waals surface area contributed by atoms with Crippen LogP contribution in [0.2, 0.25) is 5.02 Å². The highest BCUT2D eigenvalue weighted by Crippen LogP contribution is 2.34. The summed E-state index contributed by atoms with van der Waals surface area (Å²) in [6.07, 6.45) is 0.610. The van der Waals surface area contributed by atoms with Gasteiger partial charge < -0.3 is 15.2 Å². The molecule has 0 bridgehead atoms. The highest BCUT2D eigenvalue weighted by Gasteiger charge is 2.15. The third-order valence-corrected chi connectivity index (χ3v) is 2.58. The first-order valence-corrected chi connectivity index (χ1v) is 5.62. The zero-order chi connectivity index (χ0) is 13.7. The molecule has 5 nitrogen and oxygen atoms in total. The molecule has 0 aliphatic heterocycles. The average molecular weight is 272 g/mol. The van der Waals surface area contributed by atoms with Gasteiger partial charge in [0.1, 0.15) is 0 Å². The van der Waals surface area contributed by atoms with E-state index in [1.54, 1.807) is 6.92 Å². The predicted molar refractivity (Wildman–Crippen MR) is 67.2 cm³/mol. The molecule has 1 atom stereocenters. The molecule has 0 saturated heterocycles. The van der Waals surface area contributed by atoms with Crippen molar-refractivity contribution in [2.75, 3.05) is 13.7 Å². The molecule has 1 aromatic rings. The molecular weight excluding hydrogens is 258 g/mol. The first-order chi connectivity index (χ1) is 8.49. The van der Waals surface area contributed by atoms with Gasteiger partial charge in [-0.15, -0.1) is 0 Å². The number of carbonyl (C=O) groups excluding carboxylic acids is 2. The van der Waals surface area contributed by atoms with Crippen LogP contribution in [-0.4, -0.2) is 25.9 Å². The monoisotopic (exact) mass is 271 g/mol. The molecule has 0 aromatic heterocycles. The van der Waals surface area contributed by atoms with Crippen molar-refractivity contribution >= 4 is 23.8 Å². The van der Waals surface area contributed by atoms with E-state index in [1.807, 2.05) is 0 Å². The Morgan fingerprint density at radius 1 is 1.56 bits per heavy atom. The predicted octanol–water partition coefficient (Wildman–Crippen LogP) is 1.66. The van der Waals surface area contributed by atoms with Crippen molar-refractivity contribution in [2.24, 2.45) is 11.7 Å². The van der Waals surface area contributed by atoms with Gasteiger partial charge in [0.05, 0.1) is 25.2 Å². The Bertz CT molecular complexity index is 462. The Hall–Kier alpha value is -1.75. The number of primary amides is 1. The van der Waals surface area contributed by atoms with Gasteiger partial charge in [-0.3, -0.25) is 9.59 Å². The first-order valence-electron chi connectivity index (χ1n) is 5.24. The largest absolute Gasteiger partial charge is 0.493 e. The minimum atomic E-state index is -0.476. The molecule has 0 radical (unpaired) electrons. The van der Waals surface area contributed by atoms with Crippen LogP contribution in [0.3, 0.4) is 0 Å². The van der Waals surface area contributed by atoms with Crippen LogP contribution < -0.4 is 15.2 Å². The van der Waals surface area contributed by atoms with Crippen LogP contribution in [0.15, 0.2) is 12.1 Å². The normalized spacial score (nSPS) is 11.7. The van der Waals surface area contributed by atoms with Gasteiger partial charge in [0.15, 0.2) is 17.8 Å². The lowest BCUT2D eigenvalue weighted by atomic mass is 10.1. The van der Waals surface area contributed by atoms with E-state index in [4.69, 9.17) is 26.8 Å². The molecule has 2 N–H and O–H groups in total. The van der Waals surface area contributed by atoms with Gasteiger partial charge in [-0.1, -0.05) is 18.5 Å². The molecular formula is C12H14ClNO4. The second-order valence-electron chi connectivity index (χ2n) is 3.76. The number of benzene rings is 1. The summed E-state index contributed by atoms with van der Waals surface area (Å²) in [6, 6.07) is 2.99. The average Bonchev–Trinajstić information content (AvgIpc) is 2.35. The van der Waals surface area contributed by atoms with E-state index < -0.39 is 11.8 Å². The van der Waals surface area contributed by atoms with Crippen molar-refractivity contribution < 1.29 is 19.1 Å². The quantitative estimate of drug-likeness (QED) is 0.798. The minimum absolute atomic E-state index is 0.0637. The lowest BCUT2D eigenvalue weighted by molar-refractivity contribution is -0.122. The maximum Gasteiger partial charge on any atom is 0.223 e. The summed E-state index contributed by atoms with van der Waals surface area (Å²) in [5, 5.41) is 0.365. The van der Waals surface area contributed by atoms with E-state index in [-0.39, 0.29) is 17.9 Å². The molecule has 1 unspecified atom stereocenters. The topological polar surface area (TPSA) is 78.6 Å². The third-order valence-electron chi connectivity index (χ3n) is 2.36. The fourth-order valence-corrected chi connectivity index (χ4v) is 1.49. The van der Waals surface area contributed by atoms with Gasteiger partial charge >= 0.3 is 0 Å². The van der Waals surface area contributed by atoms with E-state index in [0.29, 0.717) is 17.1 Å². The van der Waals surface area contributed by atoms with Crippen LogP contribution in [-0.2, 0) is 4.79 Å². The van der Waals surface area contributed by atoms with Gasteiger partial charge in [-0.25, -0.2) is 0 Å². The number of hydrogen-bond acceptors (Lipinski definition) is 4. The van der Waals surface area contributed by atoms with E-state index >= 15 is 0 Å². The molecule has 1 amide bonds. The van der Waals surface area contributed by atoms with Crippen LogP contribution in [0.1, 0.15) is 17.3 Å². The molecule has 0 heterocycles. The van der Waals surface area contributed by atoms with Gasteiger partial charge in [0, 0.05) is 11.1 Å². The molecule has 98 valence electrons. The highest BCUT2D eigenvalue weighted by molar-refractivity contribution is 6.31. The molecule has 18 heavy (non-hydrogen) atoms. The SMILES string of the molecule is COc1cc(Cl)cc(C=O)c1OCC(C)C(N)=O. The molecule has 1 rings (SSSR count). The Kier molecular flexibility index (Phi) is 4.97. The number of halogens is 1. The van der Waals surface area contributed by atoms with Crippen molar-refractivity contribution in [3.05, 3.63) is 22.7 Å². The van der Waals surface area contributed by atoms with E-state index in [9.17, 15) is 9.59 Å². The number of ether oxygens (including phenoxy) is 2. The maximum atomic E-state index is 10.9. The van der Waals surface area contributed by atoms with E-state index in [2.05, 4.69) is 0 Å². The van der Waals surface area contributed by atoms with Gasteiger partial charge in [0.25, 0.3) is 0 Å². The molecule has 1 aromatic carbocycles. The summed E-state index contributed by atoms with van der Waals surface area (Å²) < 4.78 is 10.5. The standard InChI is InChI=1S/C12H14ClNO4/c1-7(12(14)16)6-18-11-8(5-15)3-9(13)4-10(11)17-2/h3-5,7H,6H2,1-2H3,(H2,14,16). The van der Waals surface area contributed by atoms with Crippen LogP contribution >= 0.6 is 11.6 Å². The zero-order valence-corrected chi connectivity index (χ0v) is 10.9. The molecule has 6 heteroatoms. The van der Waals surface area contributed by atoms with Crippen molar-refractivity contribution in [2.45, 2.75) is 6.92 Å². The summed E-state index contributed by atoms with van der Waals surface area (Å²) >= 11 is 5.82. The van der Waals surface area contributed by atoms with Crippen molar-refractivity contribution in [3.8, 4) is 11.5 Å². The Morgan fingerprint density at radius 2 is 2.22 bits per heavy atom. The first kappa shape index (κ1) is 14.3.